The second-order valence-corrected chi connectivity index (χ2v) is 8.15. The van der Waals surface area contributed by atoms with Gasteiger partial charge < -0.3 is 14.7 Å². The van der Waals surface area contributed by atoms with E-state index in [0.29, 0.717) is 0 Å². The molecule has 1 aliphatic carbocycles. The van der Waals surface area contributed by atoms with E-state index in [4.69, 9.17) is 9.84 Å². The van der Waals surface area contributed by atoms with Crippen LogP contribution in [0.25, 0.3) is 22.3 Å². The number of hydrogen-bond acceptors (Lipinski definition) is 7. The highest BCUT2D eigenvalue weighted by Gasteiger charge is 2.40. The van der Waals surface area contributed by atoms with Gasteiger partial charge in [-0.15, -0.1) is 0 Å². The summed E-state index contributed by atoms with van der Waals surface area (Å²) in [7, 11) is 0. The van der Waals surface area contributed by atoms with Crippen LogP contribution in [0, 0.1) is 0 Å². The maximum atomic E-state index is 9.12. The third-order valence-corrected chi connectivity index (χ3v) is 5.86. The molecule has 0 spiro atoms. The standard InChI is InChI=1S/C21H26N6O2/c1-21(4-5-21)29-15-2-3-17-16(12-15)20(25-24-17)18-13-19(23-14-22-18)27-8-6-26(7-9-27)10-11-28/h2-3,12-14,28H,4-11H2,1H3,(H,24,25). The number of aliphatic hydroxyl groups excluding tert-OH is 1. The summed E-state index contributed by atoms with van der Waals surface area (Å²) in [5, 5.41) is 17.7. The third-order valence-electron chi connectivity index (χ3n) is 5.86. The van der Waals surface area contributed by atoms with Crippen LogP contribution in [0.2, 0.25) is 0 Å². The molecule has 0 radical (unpaired) electrons. The quantitative estimate of drug-likeness (QED) is 0.661. The number of hydrogen-bond donors (Lipinski definition) is 2. The molecule has 8 nitrogen and oxygen atoms in total. The third kappa shape index (κ3) is 3.77. The molecule has 2 N–H and O–H groups in total. The van der Waals surface area contributed by atoms with Crippen LogP contribution in [0.1, 0.15) is 19.8 Å². The van der Waals surface area contributed by atoms with Crippen molar-refractivity contribution < 1.29 is 9.84 Å². The average Bonchev–Trinajstić information content (AvgIpc) is 3.31. The Kier molecular flexibility index (Phi) is 4.60. The summed E-state index contributed by atoms with van der Waals surface area (Å²) in [6.07, 6.45) is 3.81. The van der Waals surface area contributed by atoms with E-state index in [-0.39, 0.29) is 12.2 Å². The number of fused-ring (bicyclic) bond motifs is 1. The van der Waals surface area contributed by atoms with Crippen LogP contribution < -0.4 is 9.64 Å². The van der Waals surface area contributed by atoms with E-state index >= 15 is 0 Å². The predicted molar refractivity (Wildman–Crippen MR) is 111 cm³/mol. The van der Waals surface area contributed by atoms with Gasteiger partial charge in [-0.05, 0) is 38.0 Å². The Morgan fingerprint density at radius 3 is 2.72 bits per heavy atom. The summed E-state index contributed by atoms with van der Waals surface area (Å²) >= 11 is 0. The van der Waals surface area contributed by atoms with Gasteiger partial charge in [-0.1, -0.05) is 0 Å². The summed E-state index contributed by atoms with van der Waals surface area (Å²) in [5.74, 6) is 1.78. The molecule has 1 saturated carbocycles. The van der Waals surface area contributed by atoms with Crippen molar-refractivity contribution in [3.8, 4) is 17.1 Å². The van der Waals surface area contributed by atoms with Gasteiger partial charge in [0.2, 0.25) is 0 Å². The Bertz CT molecular complexity index is 1010. The Morgan fingerprint density at radius 2 is 1.97 bits per heavy atom. The molecular weight excluding hydrogens is 368 g/mol. The number of aromatic nitrogens is 4. The van der Waals surface area contributed by atoms with Crippen molar-refractivity contribution >= 4 is 16.7 Å². The van der Waals surface area contributed by atoms with Gasteiger partial charge in [-0.25, -0.2) is 9.97 Å². The monoisotopic (exact) mass is 394 g/mol. The minimum absolute atomic E-state index is 0.0160. The Morgan fingerprint density at radius 1 is 1.14 bits per heavy atom. The molecule has 8 heteroatoms. The Balaban J connectivity index is 1.40. The number of aromatic amines is 1. The van der Waals surface area contributed by atoms with Crippen LogP contribution in [0.5, 0.6) is 5.75 Å². The number of nitrogens with zero attached hydrogens (tertiary/aromatic N) is 5. The van der Waals surface area contributed by atoms with Crippen LogP contribution in [-0.2, 0) is 0 Å². The molecule has 1 saturated heterocycles. The first-order valence-corrected chi connectivity index (χ1v) is 10.2. The number of nitrogens with one attached hydrogen (secondary N) is 1. The Hall–Kier alpha value is -2.71. The average molecular weight is 394 g/mol. The number of piperazine rings is 1. The van der Waals surface area contributed by atoms with Crippen molar-refractivity contribution in [2.24, 2.45) is 0 Å². The van der Waals surface area contributed by atoms with Crippen LogP contribution in [0.3, 0.4) is 0 Å². The van der Waals surface area contributed by atoms with E-state index in [0.717, 1.165) is 79.4 Å². The topological polar surface area (TPSA) is 90.4 Å². The van der Waals surface area contributed by atoms with Crippen molar-refractivity contribution in [3.05, 3.63) is 30.6 Å². The molecule has 2 fully saturated rings. The summed E-state index contributed by atoms with van der Waals surface area (Å²) < 4.78 is 6.12. The molecule has 0 amide bonds. The number of β-amino-alcohol motifs (C(OH)–C–C–N with tert-alkyl or cyclic N) is 1. The molecule has 3 heterocycles. The maximum Gasteiger partial charge on any atom is 0.132 e. The summed E-state index contributed by atoms with van der Waals surface area (Å²) in [4.78, 5) is 13.5. The van der Waals surface area contributed by atoms with Crippen molar-refractivity contribution in [1.82, 2.24) is 25.1 Å². The molecule has 2 aromatic heterocycles. The van der Waals surface area contributed by atoms with Gasteiger partial charge in [-0.3, -0.25) is 10.00 Å². The lowest BCUT2D eigenvalue weighted by atomic mass is 10.1. The highest BCUT2D eigenvalue weighted by molar-refractivity contribution is 5.93. The molecule has 1 aromatic carbocycles. The lowest BCUT2D eigenvalue weighted by Crippen LogP contribution is -2.47. The van der Waals surface area contributed by atoms with Gasteiger partial charge in [0.05, 0.1) is 17.8 Å². The number of H-pyrrole nitrogens is 1. The first-order valence-electron chi connectivity index (χ1n) is 10.2. The molecule has 2 aliphatic rings. The molecule has 0 atom stereocenters. The van der Waals surface area contributed by atoms with Gasteiger partial charge in [-0.2, -0.15) is 5.10 Å². The smallest absolute Gasteiger partial charge is 0.132 e. The zero-order chi connectivity index (χ0) is 19.8. The molecule has 5 rings (SSSR count). The van der Waals surface area contributed by atoms with E-state index in [9.17, 15) is 0 Å². The first kappa shape index (κ1) is 18.3. The van der Waals surface area contributed by atoms with Crippen LogP contribution in [0.15, 0.2) is 30.6 Å². The molecule has 3 aromatic rings. The minimum Gasteiger partial charge on any atom is -0.488 e. The molecule has 152 valence electrons. The fourth-order valence-electron chi connectivity index (χ4n) is 3.81. The largest absolute Gasteiger partial charge is 0.488 e. The van der Waals surface area contributed by atoms with E-state index in [1.807, 2.05) is 24.3 Å². The number of ether oxygens (including phenoxy) is 1. The van der Waals surface area contributed by atoms with Crippen molar-refractivity contribution in [2.75, 3.05) is 44.2 Å². The van der Waals surface area contributed by atoms with E-state index in [1.165, 1.54) is 0 Å². The number of rotatable bonds is 6. The van der Waals surface area contributed by atoms with Crippen LogP contribution in [0.4, 0.5) is 5.82 Å². The summed E-state index contributed by atoms with van der Waals surface area (Å²) in [6, 6.07) is 8.06. The second-order valence-electron chi connectivity index (χ2n) is 8.15. The van der Waals surface area contributed by atoms with Gasteiger partial charge in [0.15, 0.2) is 0 Å². The highest BCUT2D eigenvalue weighted by Crippen LogP contribution is 2.40. The fraction of sp³-hybridized carbons (Fsp3) is 0.476. The lowest BCUT2D eigenvalue weighted by Gasteiger charge is -2.35. The van der Waals surface area contributed by atoms with Crippen LogP contribution in [-0.4, -0.2) is 75.1 Å². The van der Waals surface area contributed by atoms with Crippen molar-refractivity contribution in [2.45, 2.75) is 25.4 Å². The van der Waals surface area contributed by atoms with Crippen molar-refractivity contribution in [3.63, 3.8) is 0 Å². The number of aliphatic hydroxyl groups is 1. The second kappa shape index (κ2) is 7.27. The molecular formula is C21H26N6O2. The van der Waals surface area contributed by atoms with E-state index in [2.05, 4.69) is 36.9 Å². The maximum absolute atomic E-state index is 9.12. The molecule has 29 heavy (non-hydrogen) atoms. The van der Waals surface area contributed by atoms with Crippen LogP contribution >= 0.6 is 0 Å². The SMILES string of the molecule is CC1(Oc2ccc3[nH]nc(-c4cc(N5CCN(CCO)CC5)ncn4)c3c2)CC1. The van der Waals surface area contributed by atoms with E-state index < -0.39 is 0 Å². The predicted octanol–water partition coefficient (Wildman–Crippen LogP) is 2.07. The first-order chi connectivity index (χ1) is 14.1. The van der Waals surface area contributed by atoms with E-state index in [1.54, 1.807) is 6.33 Å². The Labute approximate surface area is 169 Å². The summed E-state index contributed by atoms with van der Waals surface area (Å²) in [5.41, 5.74) is 2.56. The lowest BCUT2D eigenvalue weighted by molar-refractivity contribution is 0.188. The fourth-order valence-corrected chi connectivity index (χ4v) is 3.81. The van der Waals surface area contributed by atoms with Gasteiger partial charge in [0, 0.05) is 44.2 Å². The minimum atomic E-state index is -0.0160. The normalized spacial score (nSPS) is 18.9. The molecule has 0 unspecified atom stereocenters. The van der Waals surface area contributed by atoms with Gasteiger partial charge in [0.1, 0.15) is 29.2 Å². The van der Waals surface area contributed by atoms with Gasteiger partial charge >= 0.3 is 0 Å². The van der Waals surface area contributed by atoms with Gasteiger partial charge in [0.25, 0.3) is 0 Å². The van der Waals surface area contributed by atoms with Crippen molar-refractivity contribution in [1.29, 1.82) is 0 Å². The number of anilines is 1. The molecule has 0 bridgehead atoms. The zero-order valence-electron chi connectivity index (χ0n) is 16.6. The highest BCUT2D eigenvalue weighted by atomic mass is 16.5. The molecule has 1 aliphatic heterocycles. The summed E-state index contributed by atoms with van der Waals surface area (Å²) in [6.45, 7) is 6.68. The zero-order valence-corrected chi connectivity index (χ0v) is 16.6. The number of benzene rings is 1.